The van der Waals surface area contributed by atoms with Gasteiger partial charge in [-0.25, -0.2) is 0 Å². The van der Waals surface area contributed by atoms with E-state index in [9.17, 15) is 14.7 Å². The molecule has 4 rings (SSSR count). The van der Waals surface area contributed by atoms with Crippen molar-refractivity contribution in [3.63, 3.8) is 0 Å². The molecule has 3 fully saturated rings. The zero-order valence-corrected chi connectivity index (χ0v) is 18.9. The largest absolute Gasteiger partial charge is 0.466 e. The average Bonchev–Trinajstić information content (AvgIpc) is 3.35. The number of hydrogen-bond donors (Lipinski definition) is 1. The molecule has 0 aromatic carbocycles. The first-order chi connectivity index (χ1) is 14.1. The summed E-state index contributed by atoms with van der Waals surface area (Å²) in [4.78, 5) is 27.7. The van der Waals surface area contributed by atoms with Crippen LogP contribution in [0.25, 0.3) is 0 Å². The Morgan fingerprint density at radius 3 is 2.53 bits per heavy atom. The number of fused-ring (bicyclic) bond motifs is 1. The van der Waals surface area contributed by atoms with Crippen LogP contribution < -0.4 is 0 Å². The van der Waals surface area contributed by atoms with E-state index in [1.54, 1.807) is 6.26 Å². The molecule has 0 amide bonds. The molecule has 3 aliphatic rings. The van der Waals surface area contributed by atoms with Gasteiger partial charge in [0, 0.05) is 5.92 Å². The minimum absolute atomic E-state index is 0.00200. The normalized spacial score (nSPS) is 43.1. The monoisotopic (exact) mass is 414 g/mol. The lowest BCUT2D eigenvalue weighted by molar-refractivity contribution is -0.231. The average molecular weight is 415 g/mol. The van der Waals surface area contributed by atoms with E-state index in [0.29, 0.717) is 12.2 Å². The number of ketones is 2. The highest BCUT2D eigenvalue weighted by Crippen LogP contribution is 2.61. The van der Waals surface area contributed by atoms with E-state index in [0.717, 1.165) is 24.0 Å². The lowest BCUT2D eigenvalue weighted by Crippen LogP contribution is -2.74. The molecule has 2 saturated carbocycles. The molecule has 0 unspecified atom stereocenters. The Bertz CT molecular complexity index is 893. The summed E-state index contributed by atoms with van der Waals surface area (Å²) in [5.41, 5.74) is -1.69. The number of Topliss-reactive ketones (excluding diaryl/α,β-unsaturated/α-hetero) is 1. The minimum atomic E-state index is -1.89. The predicted molar refractivity (Wildman–Crippen MR) is 113 cm³/mol. The third-order valence-corrected chi connectivity index (χ3v) is 8.15. The maximum Gasteiger partial charge on any atom is 0.190 e. The fourth-order valence-electron chi connectivity index (χ4n) is 6.63. The highest BCUT2D eigenvalue weighted by molar-refractivity contribution is 6.07. The molecule has 164 valence electrons. The molecule has 2 heterocycles. The molecule has 1 N–H and O–H groups in total. The Morgan fingerprint density at radius 2 is 1.93 bits per heavy atom. The van der Waals surface area contributed by atoms with E-state index >= 15 is 0 Å². The molecule has 0 radical (unpaired) electrons. The number of rotatable bonds is 3. The summed E-state index contributed by atoms with van der Waals surface area (Å²) in [6.07, 6.45) is 4.96. The molecule has 1 aromatic rings. The second-order valence-electron chi connectivity index (χ2n) is 10.2. The summed E-state index contributed by atoms with van der Waals surface area (Å²) in [6.45, 7) is 11.6. The molecular formula is C25H34O5. The van der Waals surface area contributed by atoms with Gasteiger partial charge in [-0.15, -0.1) is 0 Å². The third kappa shape index (κ3) is 2.67. The van der Waals surface area contributed by atoms with Crippen molar-refractivity contribution in [1.82, 2.24) is 0 Å². The van der Waals surface area contributed by atoms with Crippen molar-refractivity contribution in [2.75, 3.05) is 0 Å². The SMILES string of the molecule is CC(C)=CC(=O)[C@@]1(O)[C@@H](C)[C@@H]2CC[C@H](C)[C@H]2C(=O)[C@@]12O[C@@H](c1occc1C)C[C@H]2C. The number of hydrogen-bond acceptors (Lipinski definition) is 5. The van der Waals surface area contributed by atoms with Gasteiger partial charge < -0.3 is 14.3 Å². The van der Waals surface area contributed by atoms with Crippen LogP contribution in [0, 0.1) is 36.5 Å². The van der Waals surface area contributed by atoms with E-state index in [4.69, 9.17) is 9.15 Å². The van der Waals surface area contributed by atoms with E-state index in [1.165, 1.54) is 6.08 Å². The Morgan fingerprint density at radius 1 is 1.23 bits per heavy atom. The number of carbonyl (C=O) groups is 2. The van der Waals surface area contributed by atoms with Gasteiger partial charge in [0.25, 0.3) is 0 Å². The van der Waals surface area contributed by atoms with Gasteiger partial charge in [-0.3, -0.25) is 9.59 Å². The second-order valence-corrected chi connectivity index (χ2v) is 10.2. The van der Waals surface area contributed by atoms with E-state index in [-0.39, 0.29) is 35.4 Å². The molecule has 5 nitrogen and oxygen atoms in total. The molecule has 8 atom stereocenters. The van der Waals surface area contributed by atoms with Crippen LogP contribution in [0.3, 0.4) is 0 Å². The Kier molecular flexibility index (Phi) is 5.14. The summed E-state index contributed by atoms with van der Waals surface area (Å²) in [6, 6.07) is 1.87. The molecule has 0 bridgehead atoms. The third-order valence-electron chi connectivity index (χ3n) is 8.15. The van der Waals surface area contributed by atoms with Crippen molar-refractivity contribution >= 4 is 11.6 Å². The summed E-state index contributed by atoms with van der Waals surface area (Å²) in [5.74, 6) is -0.459. The summed E-state index contributed by atoms with van der Waals surface area (Å²) >= 11 is 0. The topological polar surface area (TPSA) is 76.7 Å². The standard InChI is InChI=1S/C25H34O5/c1-13(2)11-20(26)24(28)17(6)18-8-7-14(3)21(18)23(27)25(24)16(5)12-19(30-25)22-15(4)9-10-29-22/h9-11,14,16-19,21,28H,7-8,12H2,1-6H3/t14-,16+,17-,18-,19+,21+,24-,25+/m0/s1. The first kappa shape index (κ1) is 21.5. The van der Waals surface area contributed by atoms with Gasteiger partial charge in [-0.2, -0.15) is 0 Å². The molecule has 30 heavy (non-hydrogen) atoms. The van der Waals surface area contributed by atoms with E-state index < -0.39 is 23.1 Å². The van der Waals surface area contributed by atoms with Crippen LogP contribution >= 0.6 is 0 Å². The first-order valence-electron chi connectivity index (χ1n) is 11.2. The van der Waals surface area contributed by atoms with Crippen LogP contribution in [-0.4, -0.2) is 27.9 Å². The molecule has 2 aliphatic carbocycles. The minimum Gasteiger partial charge on any atom is -0.466 e. The number of allylic oxidation sites excluding steroid dienone is 1. The van der Waals surface area contributed by atoms with E-state index in [1.807, 2.05) is 40.7 Å². The fraction of sp³-hybridized carbons (Fsp3) is 0.680. The van der Waals surface area contributed by atoms with Gasteiger partial charge in [-0.1, -0.05) is 26.3 Å². The highest BCUT2D eigenvalue weighted by atomic mass is 16.5. The predicted octanol–water partition coefficient (Wildman–Crippen LogP) is 4.57. The van der Waals surface area contributed by atoms with Gasteiger partial charge in [0.1, 0.15) is 11.9 Å². The number of aliphatic hydroxyl groups is 1. The van der Waals surface area contributed by atoms with Crippen molar-refractivity contribution in [3.8, 4) is 0 Å². The van der Waals surface area contributed by atoms with Crippen LogP contribution in [0.15, 0.2) is 28.4 Å². The molecule has 1 saturated heterocycles. The van der Waals surface area contributed by atoms with Gasteiger partial charge in [-0.05, 0) is 81.4 Å². The van der Waals surface area contributed by atoms with Crippen molar-refractivity contribution in [1.29, 1.82) is 0 Å². The van der Waals surface area contributed by atoms with Gasteiger partial charge in [0.15, 0.2) is 22.8 Å². The molecule has 5 heteroatoms. The summed E-state index contributed by atoms with van der Waals surface area (Å²) in [7, 11) is 0. The maximum atomic E-state index is 14.1. The summed E-state index contributed by atoms with van der Waals surface area (Å²) in [5, 5.41) is 12.2. The fourth-order valence-corrected chi connectivity index (χ4v) is 6.63. The van der Waals surface area contributed by atoms with Crippen molar-refractivity contribution in [3.05, 3.63) is 35.3 Å². The lowest BCUT2D eigenvalue weighted by Gasteiger charge is -2.55. The van der Waals surface area contributed by atoms with Crippen molar-refractivity contribution < 1.29 is 23.8 Å². The maximum absolute atomic E-state index is 14.1. The van der Waals surface area contributed by atoms with Crippen LogP contribution in [-0.2, 0) is 14.3 Å². The molecule has 1 aromatic heterocycles. The zero-order chi connectivity index (χ0) is 22.0. The van der Waals surface area contributed by atoms with Crippen molar-refractivity contribution in [2.24, 2.45) is 29.6 Å². The number of aryl methyl sites for hydroxylation is 1. The van der Waals surface area contributed by atoms with Crippen molar-refractivity contribution in [2.45, 2.75) is 78.1 Å². The Balaban J connectivity index is 1.88. The van der Waals surface area contributed by atoms with Gasteiger partial charge in [0.05, 0.1) is 6.26 Å². The Hall–Kier alpha value is -1.72. The van der Waals surface area contributed by atoms with Gasteiger partial charge >= 0.3 is 0 Å². The number of carbonyl (C=O) groups excluding carboxylic acids is 2. The van der Waals surface area contributed by atoms with Crippen LogP contribution in [0.2, 0.25) is 0 Å². The van der Waals surface area contributed by atoms with Crippen LogP contribution in [0.4, 0.5) is 0 Å². The Labute approximate surface area is 178 Å². The zero-order valence-electron chi connectivity index (χ0n) is 18.9. The number of furan rings is 1. The molecule has 1 aliphatic heterocycles. The van der Waals surface area contributed by atoms with Gasteiger partial charge in [0.2, 0.25) is 0 Å². The highest BCUT2D eigenvalue weighted by Gasteiger charge is 2.75. The lowest BCUT2D eigenvalue weighted by atomic mass is 9.52. The number of ether oxygens (including phenoxy) is 1. The van der Waals surface area contributed by atoms with Crippen LogP contribution in [0.5, 0.6) is 0 Å². The smallest absolute Gasteiger partial charge is 0.190 e. The van der Waals surface area contributed by atoms with Crippen LogP contribution in [0.1, 0.15) is 71.3 Å². The molecule has 1 spiro atoms. The summed E-state index contributed by atoms with van der Waals surface area (Å²) < 4.78 is 12.2. The quantitative estimate of drug-likeness (QED) is 0.733. The van der Waals surface area contributed by atoms with E-state index in [2.05, 4.69) is 6.92 Å². The first-order valence-corrected chi connectivity index (χ1v) is 11.2. The second kappa shape index (κ2) is 7.16. The molecular weight excluding hydrogens is 380 g/mol.